The Morgan fingerprint density at radius 3 is 2.62 bits per heavy atom. The molecule has 8 atom stereocenters. The standard InChI is InChI=1S/C29H48O3/c1-19(2)21(14-17-32-31)7-6-20(3)25-10-11-26-24-9-8-22-18-23(30)12-15-28(22,4)27(24)13-16-29(25,26)5/h8,14,19-20,23-27,30-31H,6-7,9-13,15-18H2,1-5H3/b21-14+/t20-,23+,24+,25-,26+,27+,28+,29-/m1/s1. The Morgan fingerprint density at radius 1 is 1.12 bits per heavy atom. The van der Waals surface area contributed by atoms with Crippen molar-refractivity contribution in [3.8, 4) is 0 Å². The summed E-state index contributed by atoms with van der Waals surface area (Å²) in [4.78, 5) is 4.32. The molecule has 0 aromatic carbocycles. The number of hydrogen-bond acceptors (Lipinski definition) is 3. The molecule has 0 aromatic rings. The average Bonchev–Trinajstić information content (AvgIpc) is 3.11. The molecule has 3 saturated carbocycles. The van der Waals surface area contributed by atoms with E-state index in [1.54, 1.807) is 5.57 Å². The SMILES string of the molecule is CC(C)/C(=C/COO)CC[C@@H](C)[C@H]1CC[C@H]2[C@@H]3CC=C4C[C@@H](O)CC[C@]4(C)[C@H]3CC[C@]12C. The maximum Gasteiger partial charge on any atom is 0.100 e. The summed E-state index contributed by atoms with van der Waals surface area (Å²) in [5.41, 5.74) is 3.85. The van der Waals surface area contributed by atoms with E-state index in [-0.39, 0.29) is 6.10 Å². The van der Waals surface area contributed by atoms with Gasteiger partial charge in [-0.3, -0.25) is 5.26 Å². The van der Waals surface area contributed by atoms with Crippen molar-refractivity contribution < 1.29 is 15.3 Å². The first-order valence-electron chi connectivity index (χ1n) is 13.5. The predicted octanol–water partition coefficient (Wildman–Crippen LogP) is 7.41. The highest BCUT2D eigenvalue weighted by Gasteiger charge is 2.59. The van der Waals surface area contributed by atoms with Gasteiger partial charge in [0.2, 0.25) is 0 Å². The minimum Gasteiger partial charge on any atom is -0.393 e. The van der Waals surface area contributed by atoms with Crippen molar-refractivity contribution in [1.29, 1.82) is 0 Å². The monoisotopic (exact) mass is 444 g/mol. The Balaban J connectivity index is 1.46. The van der Waals surface area contributed by atoms with Crippen molar-refractivity contribution in [2.75, 3.05) is 6.61 Å². The predicted molar refractivity (Wildman–Crippen MR) is 131 cm³/mol. The third-order valence-corrected chi connectivity index (χ3v) is 10.9. The molecule has 3 fully saturated rings. The maximum absolute atomic E-state index is 10.3. The van der Waals surface area contributed by atoms with Crippen molar-refractivity contribution in [3.05, 3.63) is 23.3 Å². The van der Waals surface area contributed by atoms with Crippen LogP contribution in [0.25, 0.3) is 0 Å². The van der Waals surface area contributed by atoms with E-state index in [0.29, 0.717) is 23.4 Å². The fourth-order valence-corrected chi connectivity index (χ4v) is 8.98. The van der Waals surface area contributed by atoms with Crippen molar-refractivity contribution in [2.24, 2.45) is 46.3 Å². The molecule has 2 N–H and O–H groups in total. The molecule has 0 aliphatic heterocycles. The Bertz CT molecular complexity index is 724. The Labute approximate surface area is 196 Å². The van der Waals surface area contributed by atoms with Gasteiger partial charge in [-0.15, -0.1) is 0 Å². The molecule has 4 aliphatic carbocycles. The number of allylic oxidation sites excluding steroid dienone is 2. The first-order chi connectivity index (χ1) is 15.2. The van der Waals surface area contributed by atoms with Crippen LogP contribution in [-0.2, 0) is 4.89 Å². The Kier molecular flexibility index (Phi) is 7.30. The van der Waals surface area contributed by atoms with Gasteiger partial charge >= 0.3 is 0 Å². The van der Waals surface area contributed by atoms with Crippen molar-refractivity contribution in [1.82, 2.24) is 0 Å². The van der Waals surface area contributed by atoms with Gasteiger partial charge in [-0.2, -0.15) is 0 Å². The summed E-state index contributed by atoms with van der Waals surface area (Å²) in [6, 6.07) is 0. The fraction of sp³-hybridized carbons (Fsp3) is 0.862. The minimum atomic E-state index is -0.106. The zero-order chi connectivity index (χ0) is 23.1. The second-order valence-electron chi connectivity index (χ2n) is 12.6. The summed E-state index contributed by atoms with van der Waals surface area (Å²) < 4.78 is 0. The Hall–Kier alpha value is -0.640. The lowest BCUT2D eigenvalue weighted by Crippen LogP contribution is -2.50. The number of hydrogen-bond donors (Lipinski definition) is 2. The molecule has 3 nitrogen and oxygen atoms in total. The minimum absolute atomic E-state index is 0.106. The van der Waals surface area contributed by atoms with E-state index in [2.05, 4.69) is 51.7 Å². The van der Waals surface area contributed by atoms with Gasteiger partial charge in [0.25, 0.3) is 0 Å². The quantitative estimate of drug-likeness (QED) is 0.244. The van der Waals surface area contributed by atoms with Gasteiger partial charge < -0.3 is 5.11 Å². The molecular weight excluding hydrogens is 396 g/mol. The molecule has 0 amide bonds. The second kappa shape index (κ2) is 9.55. The number of fused-ring (bicyclic) bond motifs is 5. The molecular formula is C29H48O3. The van der Waals surface area contributed by atoms with Crippen molar-refractivity contribution in [3.63, 3.8) is 0 Å². The molecule has 0 spiro atoms. The molecule has 0 aromatic heterocycles. The van der Waals surface area contributed by atoms with Crippen LogP contribution in [0.5, 0.6) is 0 Å². The largest absolute Gasteiger partial charge is 0.393 e. The van der Waals surface area contributed by atoms with E-state index in [9.17, 15) is 5.11 Å². The highest BCUT2D eigenvalue weighted by Crippen LogP contribution is 2.67. The van der Waals surface area contributed by atoms with Gasteiger partial charge in [-0.05, 0) is 111 Å². The highest BCUT2D eigenvalue weighted by molar-refractivity contribution is 5.25. The Morgan fingerprint density at radius 2 is 1.91 bits per heavy atom. The van der Waals surface area contributed by atoms with Crippen LogP contribution in [0, 0.1) is 46.3 Å². The summed E-state index contributed by atoms with van der Waals surface area (Å²) in [6.07, 6.45) is 16.9. The molecule has 0 radical (unpaired) electrons. The van der Waals surface area contributed by atoms with Crippen molar-refractivity contribution in [2.45, 2.75) is 105 Å². The van der Waals surface area contributed by atoms with Gasteiger partial charge in [-0.1, -0.05) is 57.9 Å². The summed E-state index contributed by atoms with van der Waals surface area (Å²) in [5, 5.41) is 19.0. The average molecular weight is 445 g/mol. The van der Waals surface area contributed by atoms with Crippen LogP contribution in [0.2, 0.25) is 0 Å². The summed E-state index contributed by atoms with van der Waals surface area (Å²) in [7, 11) is 0. The topological polar surface area (TPSA) is 49.7 Å². The molecule has 0 unspecified atom stereocenters. The zero-order valence-corrected chi connectivity index (χ0v) is 21.3. The fourth-order valence-electron chi connectivity index (χ4n) is 8.98. The van der Waals surface area contributed by atoms with E-state index in [4.69, 9.17) is 5.26 Å². The van der Waals surface area contributed by atoms with Crippen LogP contribution < -0.4 is 0 Å². The van der Waals surface area contributed by atoms with Crippen LogP contribution >= 0.6 is 0 Å². The lowest BCUT2D eigenvalue weighted by atomic mass is 9.47. The highest BCUT2D eigenvalue weighted by atomic mass is 17.1. The molecule has 182 valence electrons. The van der Waals surface area contributed by atoms with Gasteiger partial charge in [-0.25, -0.2) is 4.89 Å². The van der Waals surface area contributed by atoms with E-state index in [1.807, 2.05) is 0 Å². The first kappa shape index (κ1) is 24.5. The molecule has 0 saturated heterocycles. The number of aliphatic hydroxyl groups is 1. The van der Waals surface area contributed by atoms with E-state index < -0.39 is 0 Å². The molecule has 4 rings (SSSR count). The van der Waals surface area contributed by atoms with Gasteiger partial charge in [0.05, 0.1) is 6.10 Å². The maximum atomic E-state index is 10.3. The third-order valence-electron chi connectivity index (χ3n) is 10.9. The molecule has 32 heavy (non-hydrogen) atoms. The van der Waals surface area contributed by atoms with Crippen LogP contribution in [-0.4, -0.2) is 23.1 Å². The summed E-state index contributed by atoms with van der Waals surface area (Å²) in [6.45, 7) is 12.5. The van der Waals surface area contributed by atoms with E-state index in [0.717, 1.165) is 48.9 Å². The van der Waals surface area contributed by atoms with Gasteiger partial charge in [0.15, 0.2) is 0 Å². The summed E-state index contributed by atoms with van der Waals surface area (Å²) in [5.74, 6) is 4.64. The summed E-state index contributed by atoms with van der Waals surface area (Å²) >= 11 is 0. The van der Waals surface area contributed by atoms with Gasteiger partial charge in [0, 0.05) is 0 Å². The number of aliphatic hydroxyl groups excluding tert-OH is 1. The third kappa shape index (κ3) is 4.27. The molecule has 4 aliphatic rings. The second-order valence-corrected chi connectivity index (χ2v) is 12.6. The number of rotatable bonds is 7. The zero-order valence-electron chi connectivity index (χ0n) is 21.3. The lowest BCUT2D eigenvalue weighted by Gasteiger charge is -2.58. The first-order valence-corrected chi connectivity index (χ1v) is 13.5. The molecule has 0 heterocycles. The van der Waals surface area contributed by atoms with Gasteiger partial charge in [0.1, 0.15) is 6.61 Å². The van der Waals surface area contributed by atoms with E-state index >= 15 is 0 Å². The molecule has 0 bridgehead atoms. The van der Waals surface area contributed by atoms with Crippen LogP contribution in [0.15, 0.2) is 23.3 Å². The van der Waals surface area contributed by atoms with Crippen LogP contribution in [0.3, 0.4) is 0 Å². The van der Waals surface area contributed by atoms with Crippen LogP contribution in [0.4, 0.5) is 0 Å². The van der Waals surface area contributed by atoms with E-state index in [1.165, 1.54) is 50.5 Å². The smallest absolute Gasteiger partial charge is 0.100 e. The van der Waals surface area contributed by atoms with Crippen molar-refractivity contribution >= 4 is 0 Å². The molecule has 3 heteroatoms. The van der Waals surface area contributed by atoms with Crippen LogP contribution in [0.1, 0.15) is 98.8 Å². The normalized spacial score (nSPS) is 42.8. The lowest BCUT2D eigenvalue weighted by molar-refractivity contribution is -0.232.